The number of aryl methyl sites for hydroxylation is 1. The van der Waals surface area contributed by atoms with Crippen LogP contribution >= 0.6 is 11.3 Å². The summed E-state index contributed by atoms with van der Waals surface area (Å²) in [5.41, 5.74) is 2.11. The highest BCUT2D eigenvalue weighted by molar-refractivity contribution is 7.13. The molecule has 1 aromatic heterocycles. The van der Waals surface area contributed by atoms with Crippen LogP contribution in [0, 0.1) is 18.8 Å². The van der Waals surface area contributed by atoms with Crippen LogP contribution in [-0.4, -0.2) is 28.9 Å². The number of carbonyl (C=O) groups is 1. The van der Waals surface area contributed by atoms with Crippen LogP contribution in [0.1, 0.15) is 46.2 Å². The molecule has 0 bridgehead atoms. The number of benzene rings is 1. The maximum absolute atomic E-state index is 12.9. The summed E-state index contributed by atoms with van der Waals surface area (Å²) in [5, 5.41) is 1.02. The van der Waals surface area contributed by atoms with Crippen LogP contribution < -0.4 is 0 Å². The minimum absolute atomic E-state index is 0.165. The van der Waals surface area contributed by atoms with E-state index in [-0.39, 0.29) is 5.91 Å². The second-order valence-corrected chi connectivity index (χ2v) is 7.92. The lowest BCUT2D eigenvalue weighted by molar-refractivity contribution is 0.0627. The topological polar surface area (TPSA) is 33.2 Å². The SMILES string of the molecule is Cc1nc(Cc2ccccc2)sc1C(=O)N1CC(C)CC(C)C1. The Labute approximate surface area is 142 Å². The normalized spacial score (nSPS) is 21.4. The van der Waals surface area contributed by atoms with E-state index < -0.39 is 0 Å². The second-order valence-electron chi connectivity index (χ2n) is 6.84. The molecule has 1 saturated heterocycles. The lowest BCUT2D eigenvalue weighted by atomic mass is 9.92. The van der Waals surface area contributed by atoms with Gasteiger partial charge >= 0.3 is 0 Å². The number of amides is 1. The van der Waals surface area contributed by atoms with Gasteiger partial charge in [0, 0.05) is 19.5 Å². The molecule has 2 unspecified atom stereocenters. The lowest BCUT2D eigenvalue weighted by Crippen LogP contribution is -2.42. The minimum Gasteiger partial charge on any atom is -0.337 e. The average molecular weight is 328 g/mol. The molecule has 1 amide bonds. The van der Waals surface area contributed by atoms with Gasteiger partial charge in [-0.15, -0.1) is 11.3 Å². The van der Waals surface area contributed by atoms with E-state index in [1.54, 1.807) is 11.3 Å². The third-order valence-electron chi connectivity index (χ3n) is 4.39. The molecule has 23 heavy (non-hydrogen) atoms. The summed E-state index contributed by atoms with van der Waals surface area (Å²) in [6, 6.07) is 10.3. The number of carbonyl (C=O) groups excluding carboxylic acids is 1. The van der Waals surface area contributed by atoms with Crippen molar-refractivity contribution in [2.75, 3.05) is 13.1 Å². The summed E-state index contributed by atoms with van der Waals surface area (Å²) in [6.07, 6.45) is 2.01. The van der Waals surface area contributed by atoms with Crippen molar-refractivity contribution in [2.24, 2.45) is 11.8 Å². The molecule has 3 nitrogen and oxygen atoms in total. The fraction of sp³-hybridized carbons (Fsp3) is 0.474. The Morgan fingerprint density at radius 2 is 1.87 bits per heavy atom. The molecular weight excluding hydrogens is 304 g/mol. The van der Waals surface area contributed by atoms with E-state index in [1.165, 1.54) is 12.0 Å². The van der Waals surface area contributed by atoms with E-state index in [0.717, 1.165) is 35.1 Å². The summed E-state index contributed by atoms with van der Waals surface area (Å²) in [6.45, 7) is 8.16. The molecule has 3 rings (SSSR count). The van der Waals surface area contributed by atoms with E-state index >= 15 is 0 Å². The van der Waals surface area contributed by atoms with Crippen molar-refractivity contribution in [2.45, 2.75) is 33.6 Å². The lowest BCUT2D eigenvalue weighted by Gasteiger charge is -2.34. The summed E-state index contributed by atoms with van der Waals surface area (Å²) in [5.74, 6) is 1.33. The Morgan fingerprint density at radius 1 is 1.22 bits per heavy atom. The van der Waals surface area contributed by atoms with E-state index in [4.69, 9.17) is 0 Å². The van der Waals surface area contributed by atoms with Gasteiger partial charge in [0.1, 0.15) is 4.88 Å². The van der Waals surface area contributed by atoms with E-state index in [0.29, 0.717) is 11.8 Å². The molecule has 2 aromatic rings. The monoisotopic (exact) mass is 328 g/mol. The first-order valence-electron chi connectivity index (χ1n) is 8.32. The van der Waals surface area contributed by atoms with Gasteiger partial charge in [-0.1, -0.05) is 44.2 Å². The molecule has 122 valence electrons. The summed E-state index contributed by atoms with van der Waals surface area (Å²) in [4.78, 5) is 20.3. The summed E-state index contributed by atoms with van der Waals surface area (Å²) < 4.78 is 0. The molecule has 2 heterocycles. The van der Waals surface area contributed by atoms with Gasteiger partial charge in [-0.3, -0.25) is 4.79 Å². The van der Waals surface area contributed by atoms with Crippen LogP contribution in [0.5, 0.6) is 0 Å². The number of thiazole rings is 1. The number of rotatable bonds is 3. The zero-order valence-corrected chi connectivity index (χ0v) is 14.9. The predicted octanol–water partition coefficient (Wildman–Crippen LogP) is 4.16. The molecule has 0 N–H and O–H groups in total. The Kier molecular flexibility index (Phi) is 4.81. The average Bonchev–Trinajstić information content (AvgIpc) is 2.87. The maximum Gasteiger partial charge on any atom is 0.265 e. The number of nitrogens with zero attached hydrogens (tertiary/aromatic N) is 2. The van der Waals surface area contributed by atoms with Gasteiger partial charge < -0.3 is 4.90 Å². The summed E-state index contributed by atoms with van der Waals surface area (Å²) >= 11 is 1.56. The van der Waals surface area contributed by atoms with Gasteiger partial charge in [0.15, 0.2) is 0 Å². The van der Waals surface area contributed by atoms with Gasteiger partial charge in [0.05, 0.1) is 10.7 Å². The molecule has 1 aliphatic heterocycles. The highest BCUT2D eigenvalue weighted by Gasteiger charge is 2.28. The maximum atomic E-state index is 12.9. The van der Waals surface area contributed by atoms with E-state index in [2.05, 4.69) is 31.0 Å². The van der Waals surface area contributed by atoms with Crippen LogP contribution in [0.3, 0.4) is 0 Å². The first-order valence-corrected chi connectivity index (χ1v) is 9.14. The standard InChI is InChI=1S/C19H24N2OS/c1-13-9-14(2)12-21(11-13)19(22)18-15(3)20-17(23-18)10-16-7-5-4-6-8-16/h4-8,13-14H,9-12H2,1-3H3. The molecule has 1 fully saturated rings. The van der Waals surface area contributed by atoms with Gasteiger partial charge in [-0.25, -0.2) is 4.98 Å². The molecule has 0 spiro atoms. The van der Waals surface area contributed by atoms with E-state index in [1.807, 2.05) is 30.0 Å². The van der Waals surface area contributed by atoms with Crippen molar-refractivity contribution in [3.05, 3.63) is 51.5 Å². The molecule has 1 aromatic carbocycles. The van der Waals surface area contributed by atoms with E-state index in [9.17, 15) is 4.79 Å². The zero-order chi connectivity index (χ0) is 16.4. The van der Waals surface area contributed by atoms with Crippen molar-refractivity contribution in [3.63, 3.8) is 0 Å². The number of aromatic nitrogens is 1. The summed E-state index contributed by atoms with van der Waals surface area (Å²) in [7, 11) is 0. The molecule has 1 aliphatic rings. The van der Waals surface area contributed by atoms with Crippen molar-refractivity contribution in [3.8, 4) is 0 Å². The molecule has 0 saturated carbocycles. The van der Waals surface area contributed by atoms with Crippen LogP contribution in [-0.2, 0) is 6.42 Å². The Bertz CT molecular complexity index is 670. The van der Waals surface area contributed by atoms with Crippen molar-refractivity contribution < 1.29 is 4.79 Å². The third kappa shape index (κ3) is 3.81. The first-order chi connectivity index (χ1) is 11.0. The van der Waals surface area contributed by atoms with Crippen molar-refractivity contribution >= 4 is 17.2 Å². The molecular formula is C19H24N2OS. The first kappa shape index (κ1) is 16.2. The predicted molar refractivity (Wildman–Crippen MR) is 94.9 cm³/mol. The Hall–Kier alpha value is -1.68. The minimum atomic E-state index is 0.165. The molecule has 0 radical (unpaired) electrons. The molecule has 2 atom stereocenters. The van der Waals surface area contributed by atoms with Crippen molar-refractivity contribution in [1.82, 2.24) is 9.88 Å². The molecule has 4 heteroatoms. The van der Waals surface area contributed by atoms with Gasteiger partial charge in [0.2, 0.25) is 0 Å². The number of likely N-dealkylation sites (tertiary alicyclic amines) is 1. The fourth-order valence-electron chi connectivity index (χ4n) is 3.47. The van der Waals surface area contributed by atoms with Gasteiger partial charge in [-0.2, -0.15) is 0 Å². The largest absolute Gasteiger partial charge is 0.337 e. The second kappa shape index (κ2) is 6.83. The zero-order valence-electron chi connectivity index (χ0n) is 14.1. The van der Waals surface area contributed by atoms with Gasteiger partial charge in [-0.05, 0) is 30.7 Å². The number of hydrogen-bond donors (Lipinski definition) is 0. The Balaban J connectivity index is 1.76. The van der Waals surface area contributed by atoms with Crippen molar-refractivity contribution in [1.29, 1.82) is 0 Å². The molecule has 0 aliphatic carbocycles. The Morgan fingerprint density at radius 3 is 2.52 bits per heavy atom. The highest BCUT2D eigenvalue weighted by Crippen LogP contribution is 2.26. The number of hydrogen-bond acceptors (Lipinski definition) is 3. The van der Waals surface area contributed by atoms with Crippen LogP contribution in [0.15, 0.2) is 30.3 Å². The quantitative estimate of drug-likeness (QED) is 0.847. The van der Waals surface area contributed by atoms with Crippen LogP contribution in [0.4, 0.5) is 0 Å². The van der Waals surface area contributed by atoms with Crippen LogP contribution in [0.2, 0.25) is 0 Å². The smallest absolute Gasteiger partial charge is 0.265 e. The third-order valence-corrected chi connectivity index (χ3v) is 5.53. The highest BCUT2D eigenvalue weighted by atomic mass is 32.1. The fourth-order valence-corrected chi connectivity index (χ4v) is 4.54. The van der Waals surface area contributed by atoms with Gasteiger partial charge in [0.25, 0.3) is 5.91 Å². The van der Waals surface area contributed by atoms with Crippen LogP contribution in [0.25, 0.3) is 0 Å². The number of piperidine rings is 1.